The van der Waals surface area contributed by atoms with Crippen molar-refractivity contribution >= 4 is 0 Å². The van der Waals surface area contributed by atoms with Crippen LogP contribution in [0.4, 0.5) is 0 Å². The normalized spacial score (nSPS) is 42.0. The van der Waals surface area contributed by atoms with Crippen LogP contribution < -0.4 is 22.9 Å². The monoisotopic (exact) mass is 204 g/mol. The van der Waals surface area contributed by atoms with E-state index in [0.29, 0.717) is 26.4 Å². The van der Waals surface area contributed by atoms with Gasteiger partial charge in [0.15, 0.2) is 0 Å². The third kappa shape index (κ3) is 3.49. The first-order chi connectivity index (χ1) is 6.61. The molecular formula is C8H20N4O2. The summed E-state index contributed by atoms with van der Waals surface area (Å²) < 4.78 is 9.84. The Hall–Kier alpha value is -0.240. The maximum Gasteiger partial charge on any atom is 0.0634 e. The summed E-state index contributed by atoms with van der Waals surface area (Å²) in [5, 5.41) is 0. The van der Waals surface area contributed by atoms with Crippen LogP contribution in [-0.2, 0) is 9.47 Å². The van der Waals surface area contributed by atoms with Gasteiger partial charge >= 0.3 is 0 Å². The summed E-state index contributed by atoms with van der Waals surface area (Å²) in [4.78, 5) is 0. The highest BCUT2D eigenvalue weighted by Gasteiger charge is 2.20. The van der Waals surface area contributed by atoms with Gasteiger partial charge in [0, 0.05) is 24.2 Å². The fourth-order valence-electron chi connectivity index (χ4n) is 1.17. The Morgan fingerprint density at radius 1 is 0.571 bits per heavy atom. The summed E-state index contributed by atoms with van der Waals surface area (Å²) in [5.74, 6) is 0. The SMILES string of the molecule is N[C@@H]1COC[C@H]1N.N[C@H]1COC[C@@H]1N. The molecule has 2 aliphatic heterocycles. The Bertz CT molecular complexity index is 135. The van der Waals surface area contributed by atoms with Crippen molar-refractivity contribution < 1.29 is 9.47 Å². The van der Waals surface area contributed by atoms with Crippen molar-refractivity contribution in [2.24, 2.45) is 22.9 Å². The van der Waals surface area contributed by atoms with Gasteiger partial charge in [-0.3, -0.25) is 0 Å². The molecule has 84 valence electrons. The minimum atomic E-state index is 0.0694. The molecule has 0 aliphatic carbocycles. The van der Waals surface area contributed by atoms with Gasteiger partial charge in [-0.15, -0.1) is 0 Å². The Labute approximate surface area is 83.9 Å². The molecule has 2 aliphatic rings. The molecule has 14 heavy (non-hydrogen) atoms. The lowest BCUT2D eigenvalue weighted by Gasteiger charge is -2.02. The minimum Gasteiger partial charge on any atom is -0.378 e. The predicted octanol–water partition coefficient (Wildman–Crippen LogP) is -2.66. The molecule has 8 N–H and O–H groups in total. The number of hydrogen-bond acceptors (Lipinski definition) is 6. The summed E-state index contributed by atoms with van der Waals surface area (Å²) in [6.45, 7) is 2.50. The second kappa shape index (κ2) is 5.59. The molecular weight excluding hydrogens is 184 g/mol. The van der Waals surface area contributed by atoms with Crippen molar-refractivity contribution in [2.45, 2.75) is 24.2 Å². The van der Waals surface area contributed by atoms with Gasteiger partial charge in [-0.05, 0) is 0 Å². The van der Waals surface area contributed by atoms with Crippen LogP contribution in [-0.4, -0.2) is 50.6 Å². The lowest BCUT2D eigenvalue weighted by molar-refractivity contribution is 0.191. The molecule has 0 aromatic carbocycles. The van der Waals surface area contributed by atoms with E-state index in [1.54, 1.807) is 0 Å². The first-order valence-electron chi connectivity index (χ1n) is 4.79. The van der Waals surface area contributed by atoms with Gasteiger partial charge in [0.1, 0.15) is 0 Å². The predicted molar refractivity (Wildman–Crippen MR) is 53.5 cm³/mol. The average molecular weight is 204 g/mol. The number of hydrogen-bond donors (Lipinski definition) is 4. The van der Waals surface area contributed by atoms with E-state index in [0.717, 1.165) is 0 Å². The van der Waals surface area contributed by atoms with Gasteiger partial charge in [0.2, 0.25) is 0 Å². The van der Waals surface area contributed by atoms with Crippen LogP contribution in [0.2, 0.25) is 0 Å². The van der Waals surface area contributed by atoms with Crippen LogP contribution in [0.25, 0.3) is 0 Å². The fourth-order valence-corrected chi connectivity index (χ4v) is 1.17. The Balaban J connectivity index is 0.000000140. The summed E-state index contributed by atoms with van der Waals surface area (Å²) in [5.41, 5.74) is 21.7. The number of nitrogens with two attached hydrogens (primary N) is 4. The molecule has 2 rings (SSSR count). The summed E-state index contributed by atoms with van der Waals surface area (Å²) in [7, 11) is 0. The maximum atomic E-state index is 5.43. The molecule has 6 heteroatoms. The molecule has 0 bridgehead atoms. The summed E-state index contributed by atoms with van der Waals surface area (Å²) >= 11 is 0. The van der Waals surface area contributed by atoms with E-state index in [1.807, 2.05) is 0 Å². The quantitative estimate of drug-likeness (QED) is 0.341. The highest BCUT2D eigenvalue weighted by molar-refractivity contribution is 4.80. The minimum absolute atomic E-state index is 0.0694. The molecule has 4 atom stereocenters. The molecule has 0 unspecified atom stereocenters. The van der Waals surface area contributed by atoms with Crippen molar-refractivity contribution in [3.63, 3.8) is 0 Å². The van der Waals surface area contributed by atoms with E-state index in [4.69, 9.17) is 32.4 Å². The first-order valence-corrected chi connectivity index (χ1v) is 4.79. The van der Waals surface area contributed by atoms with Crippen molar-refractivity contribution in [1.82, 2.24) is 0 Å². The molecule has 0 aromatic rings. The van der Waals surface area contributed by atoms with E-state index in [1.165, 1.54) is 0 Å². The second-order valence-corrected chi connectivity index (χ2v) is 3.73. The van der Waals surface area contributed by atoms with E-state index in [2.05, 4.69) is 0 Å². The molecule has 2 heterocycles. The van der Waals surface area contributed by atoms with Crippen molar-refractivity contribution in [1.29, 1.82) is 0 Å². The summed E-state index contributed by atoms with van der Waals surface area (Å²) in [6, 6.07) is 0.278. The van der Waals surface area contributed by atoms with Gasteiger partial charge in [-0.2, -0.15) is 0 Å². The zero-order chi connectivity index (χ0) is 10.6. The highest BCUT2D eigenvalue weighted by Crippen LogP contribution is 1.98. The Morgan fingerprint density at radius 3 is 0.857 bits per heavy atom. The Kier molecular flexibility index (Phi) is 4.73. The standard InChI is InChI=1S/2C4H10N2O/c2*5-3-1-7-2-4(3)6/h2*3-4H,1-2,5-6H2/t2*3-,4-/m10/s1. The molecule has 2 saturated heterocycles. The van der Waals surface area contributed by atoms with Crippen LogP contribution in [0.5, 0.6) is 0 Å². The lowest BCUT2D eigenvalue weighted by Crippen LogP contribution is -2.39. The molecule has 0 radical (unpaired) electrons. The zero-order valence-electron chi connectivity index (χ0n) is 8.26. The van der Waals surface area contributed by atoms with Crippen molar-refractivity contribution in [3.8, 4) is 0 Å². The summed E-state index contributed by atoms with van der Waals surface area (Å²) in [6.07, 6.45) is 0. The van der Waals surface area contributed by atoms with Crippen molar-refractivity contribution in [3.05, 3.63) is 0 Å². The van der Waals surface area contributed by atoms with Gasteiger partial charge in [0.05, 0.1) is 26.4 Å². The van der Waals surface area contributed by atoms with E-state index in [-0.39, 0.29) is 24.2 Å². The molecule has 0 aromatic heterocycles. The largest absolute Gasteiger partial charge is 0.378 e. The third-order valence-electron chi connectivity index (χ3n) is 2.34. The zero-order valence-corrected chi connectivity index (χ0v) is 8.26. The van der Waals surface area contributed by atoms with Crippen LogP contribution in [0.1, 0.15) is 0 Å². The van der Waals surface area contributed by atoms with Crippen LogP contribution in [0, 0.1) is 0 Å². The molecule has 0 saturated carbocycles. The molecule has 0 amide bonds. The molecule has 0 spiro atoms. The van der Waals surface area contributed by atoms with Gasteiger partial charge in [0.25, 0.3) is 0 Å². The highest BCUT2D eigenvalue weighted by atomic mass is 16.5. The smallest absolute Gasteiger partial charge is 0.0634 e. The van der Waals surface area contributed by atoms with Crippen LogP contribution in [0.3, 0.4) is 0 Å². The molecule has 2 fully saturated rings. The Morgan fingerprint density at radius 2 is 0.786 bits per heavy atom. The first kappa shape index (κ1) is 11.8. The third-order valence-corrected chi connectivity index (χ3v) is 2.34. The number of rotatable bonds is 0. The lowest BCUT2D eigenvalue weighted by atomic mass is 10.2. The van der Waals surface area contributed by atoms with Crippen molar-refractivity contribution in [2.75, 3.05) is 26.4 Å². The second-order valence-electron chi connectivity index (χ2n) is 3.73. The van der Waals surface area contributed by atoms with E-state index in [9.17, 15) is 0 Å². The van der Waals surface area contributed by atoms with E-state index < -0.39 is 0 Å². The van der Waals surface area contributed by atoms with E-state index >= 15 is 0 Å². The fraction of sp³-hybridized carbons (Fsp3) is 1.00. The number of ether oxygens (including phenoxy) is 2. The molecule has 6 nitrogen and oxygen atoms in total. The van der Waals surface area contributed by atoms with Gasteiger partial charge in [-0.25, -0.2) is 0 Å². The van der Waals surface area contributed by atoms with Crippen LogP contribution in [0.15, 0.2) is 0 Å². The maximum absolute atomic E-state index is 5.43. The van der Waals surface area contributed by atoms with Gasteiger partial charge < -0.3 is 32.4 Å². The van der Waals surface area contributed by atoms with Crippen LogP contribution >= 0.6 is 0 Å². The topological polar surface area (TPSA) is 123 Å². The van der Waals surface area contributed by atoms with Gasteiger partial charge in [-0.1, -0.05) is 0 Å². The average Bonchev–Trinajstić information content (AvgIpc) is 2.67.